The molecule has 0 unspecified atom stereocenters. The van der Waals surface area contributed by atoms with Gasteiger partial charge in [0.1, 0.15) is 11.6 Å². The molecule has 1 amide bonds. The van der Waals surface area contributed by atoms with Crippen molar-refractivity contribution in [2.24, 2.45) is 7.05 Å². The van der Waals surface area contributed by atoms with E-state index in [4.69, 9.17) is 0 Å². The van der Waals surface area contributed by atoms with Crippen molar-refractivity contribution >= 4 is 23.1 Å². The number of nitrogens with one attached hydrogen (secondary N) is 1. The van der Waals surface area contributed by atoms with Crippen LogP contribution in [0.5, 0.6) is 0 Å². The number of likely N-dealkylation sites (N-methyl/N-ethyl adjacent to an activating group) is 2. The van der Waals surface area contributed by atoms with Crippen LogP contribution in [0.4, 0.5) is 34.8 Å². The maximum Gasteiger partial charge on any atom is 0.417 e. The van der Waals surface area contributed by atoms with Crippen molar-refractivity contribution in [2.45, 2.75) is 19.1 Å². The van der Waals surface area contributed by atoms with Crippen molar-refractivity contribution < 1.29 is 22.4 Å². The second kappa shape index (κ2) is 12.0. The number of halogens is 4. The maximum atomic E-state index is 15.7. The summed E-state index contributed by atoms with van der Waals surface area (Å²) in [5.41, 5.74) is -1.83. The Morgan fingerprint density at radius 3 is 2.30 bits per heavy atom. The number of carbonyl (C=O) groups excluding carboxylic acids is 1. The lowest BCUT2D eigenvalue weighted by Crippen LogP contribution is -2.50. The fraction of sp³-hybridized carbons (Fsp3) is 0.433. The molecule has 9 nitrogen and oxygen atoms in total. The van der Waals surface area contributed by atoms with Gasteiger partial charge < -0.3 is 29.5 Å². The lowest BCUT2D eigenvalue weighted by atomic mass is 10.0. The SMILES string of the molecule is C[C@@H]1CN(c2cc(F)c(-c3ccc(N4CCN(C)CC4)nc3)cc2NC(=O)c2cn(C)c(=O)cc2C(F)(F)F)CCN1C. The zero-order valence-electron chi connectivity index (χ0n) is 24.6. The van der Waals surface area contributed by atoms with Crippen molar-refractivity contribution in [3.63, 3.8) is 0 Å². The molecule has 2 saturated heterocycles. The Bertz CT molecular complexity index is 1550. The van der Waals surface area contributed by atoms with E-state index in [0.717, 1.165) is 42.8 Å². The van der Waals surface area contributed by atoms with E-state index >= 15 is 4.39 Å². The van der Waals surface area contributed by atoms with E-state index in [9.17, 15) is 22.8 Å². The largest absolute Gasteiger partial charge is 0.417 e. The lowest BCUT2D eigenvalue weighted by molar-refractivity contribution is -0.138. The van der Waals surface area contributed by atoms with Crippen LogP contribution in [0.2, 0.25) is 0 Å². The van der Waals surface area contributed by atoms with Gasteiger partial charge in [0.15, 0.2) is 0 Å². The maximum absolute atomic E-state index is 15.7. The van der Waals surface area contributed by atoms with Crippen LogP contribution in [0.15, 0.2) is 47.5 Å². The van der Waals surface area contributed by atoms with E-state index in [1.165, 1.54) is 19.2 Å². The minimum absolute atomic E-state index is 0.117. The fourth-order valence-corrected chi connectivity index (χ4v) is 5.42. The van der Waals surface area contributed by atoms with Gasteiger partial charge in [-0.3, -0.25) is 9.59 Å². The Balaban J connectivity index is 1.53. The first-order valence-electron chi connectivity index (χ1n) is 14.1. The monoisotopic (exact) mass is 601 g/mol. The van der Waals surface area contributed by atoms with Crippen LogP contribution >= 0.6 is 0 Å². The number of benzene rings is 1. The van der Waals surface area contributed by atoms with Gasteiger partial charge >= 0.3 is 6.18 Å². The van der Waals surface area contributed by atoms with Crippen LogP contribution in [0.25, 0.3) is 11.1 Å². The normalized spacial score (nSPS) is 18.7. The third-order valence-electron chi connectivity index (χ3n) is 8.30. The molecule has 5 rings (SSSR count). The van der Waals surface area contributed by atoms with Gasteiger partial charge in [0.05, 0.1) is 22.5 Å². The fourth-order valence-electron chi connectivity index (χ4n) is 5.42. The molecule has 13 heteroatoms. The molecule has 1 N–H and O–H groups in total. The second-order valence-corrected chi connectivity index (χ2v) is 11.3. The average Bonchev–Trinajstić information content (AvgIpc) is 2.96. The van der Waals surface area contributed by atoms with Crippen molar-refractivity contribution in [2.75, 3.05) is 75.0 Å². The predicted octanol–water partition coefficient (Wildman–Crippen LogP) is 3.75. The summed E-state index contributed by atoms with van der Waals surface area (Å²) in [4.78, 5) is 38.4. The van der Waals surface area contributed by atoms with E-state index in [1.54, 1.807) is 12.3 Å². The zero-order valence-corrected chi connectivity index (χ0v) is 24.6. The van der Waals surface area contributed by atoms with Gasteiger partial charge in [0, 0.05) is 88.5 Å². The number of hydrogen-bond acceptors (Lipinski definition) is 7. The Morgan fingerprint density at radius 1 is 0.977 bits per heavy atom. The molecule has 4 heterocycles. The summed E-state index contributed by atoms with van der Waals surface area (Å²) in [6, 6.07) is 6.83. The molecular formula is C30H35F4N7O2. The third kappa shape index (κ3) is 6.52. The molecule has 0 aliphatic carbocycles. The van der Waals surface area contributed by atoms with E-state index in [0.29, 0.717) is 37.0 Å². The van der Waals surface area contributed by atoms with E-state index in [2.05, 4.69) is 32.0 Å². The highest BCUT2D eigenvalue weighted by atomic mass is 19.4. The lowest BCUT2D eigenvalue weighted by Gasteiger charge is -2.39. The molecule has 0 saturated carbocycles. The van der Waals surface area contributed by atoms with Crippen molar-refractivity contribution in [3.05, 3.63) is 70.0 Å². The second-order valence-electron chi connectivity index (χ2n) is 11.3. The molecule has 2 aromatic heterocycles. The van der Waals surface area contributed by atoms with Crippen molar-refractivity contribution in [3.8, 4) is 11.1 Å². The summed E-state index contributed by atoms with van der Waals surface area (Å²) in [6.07, 6.45) is -2.51. The highest BCUT2D eigenvalue weighted by molar-refractivity contribution is 6.07. The number of aromatic nitrogens is 2. The quantitative estimate of drug-likeness (QED) is 0.447. The van der Waals surface area contributed by atoms with Gasteiger partial charge in [0.25, 0.3) is 11.5 Å². The number of rotatable bonds is 5. The van der Waals surface area contributed by atoms with E-state index < -0.39 is 34.6 Å². The molecule has 230 valence electrons. The first-order valence-corrected chi connectivity index (χ1v) is 14.1. The van der Waals surface area contributed by atoms with E-state index in [-0.39, 0.29) is 17.3 Å². The molecule has 43 heavy (non-hydrogen) atoms. The topological polar surface area (TPSA) is 77.0 Å². The number of aryl methyl sites for hydroxylation is 1. The third-order valence-corrected chi connectivity index (χ3v) is 8.30. The molecule has 1 aromatic carbocycles. The Hall–Kier alpha value is -3.97. The molecule has 2 aliphatic heterocycles. The van der Waals surface area contributed by atoms with Crippen LogP contribution in [0.1, 0.15) is 22.8 Å². The number of carbonyl (C=O) groups is 1. The highest BCUT2D eigenvalue weighted by Gasteiger charge is 2.36. The molecule has 3 aromatic rings. The zero-order chi connectivity index (χ0) is 31.1. The van der Waals surface area contributed by atoms with Gasteiger partial charge in [-0.2, -0.15) is 13.2 Å². The number of piperazine rings is 2. The average molecular weight is 602 g/mol. The smallest absolute Gasteiger partial charge is 0.367 e. The number of nitrogens with zero attached hydrogens (tertiary/aromatic N) is 6. The number of amides is 1. The first-order chi connectivity index (χ1) is 20.3. The highest BCUT2D eigenvalue weighted by Crippen LogP contribution is 2.37. The Labute approximate surface area is 247 Å². The van der Waals surface area contributed by atoms with Gasteiger partial charge in [-0.05, 0) is 45.3 Å². The molecule has 1 atom stereocenters. The summed E-state index contributed by atoms with van der Waals surface area (Å²) in [6.45, 7) is 7.17. The molecular weight excluding hydrogens is 566 g/mol. The van der Waals surface area contributed by atoms with Crippen LogP contribution < -0.4 is 20.7 Å². The predicted molar refractivity (Wildman–Crippen MR) is 158 cm³/mol. The van der Waals surface area contributed by atoms with Gasteiger partial charge in [0.2, 0.25) is 0 Å². The standard InChI is InChI=1S/C30H35F4N7O2/c1-19-17-41(12-9-38(19)3)26-15-24(31)21(20-5-6-27(35-16-20)40-10-7-37(2)8-11-40)13-25(26)36-29(43)22-18-39(4)28(42)14-23(22)30(32,33)34/h5-6,13-16,18-19H,7-12,17H2,1-4H3,(H,36,43)/t19-/m1/s1. The van der Waals surface area contributed by atoms with E-state index in [1.807, 2.05) is 24.9 Å². The molecule has 0 radical (unpaired) electrons. The molecule has 2 fully saturated rings. The van der Waals surface area contributed by atoms with Crippen LogP contribution in [0.3, 0.4) is 0 Å². The van der Waals surface area contributed by atoms with Gasteiger partial charge in [-0.15, -0.1) is 0 Å². The molecule has 2 aliphatic rings. The number of alkyl halides is 3. The van der Waals surface area contributed by atoms with Gasteiger partial charge in [-0.25, -0.2) is 9.37 Å². The summed E-state index contributed by atoms with van der Waals surface area (Å²) in [5.74, 6) is -0.845. The minimum Gasteiger partial charge on any atom is -0.367 e. The summed E-state index contributed by atoms with van der Waals surface area (Å²) in [5, 5.41) is 2.60. The number of anilines is 3. The van der Waals surface area contributed by atoms with Crippen LogP contribution in [0, 0.1) is 5.82 Å². The summed E-state index contributed by atoms with van der Waals surface area (Å²) >= 11 is 0. The van der Waals surface area contributed by atoms with Crippen LogP contribution in [-0.2, 0) is 13.2 Å². The first kappa shape index (κ1) is 30.5. The molecule has 0 bridgehead atoms. The Morgan fingerprint density at radius 2 is 1.67 bits per heavy atom. The minimum atomic E-state index is -4.93. The van der Waals surface area contributed by atoms with Crippen molar-refractivity contribution in [1.82, 2.24) is 19.4 Å². The Kier molecular flexibility index (Phi) is 8.48. The summed E-state index contributed by atoms with van der Waals surface area (Å²) < 4.78 is 58.1. The van der Waals surface area contributed by atoms with Crippen molar-refractivity contribution in [1.29, 1.82) is 0 Å². The van der Waals surface area contributed by atoms with Crippen LogP contribution in [-0.4, -0.2) is 91.2 Å². The number of hydrogen-bond donors (Lipinski definition) is 1. The molecule has 0 spiro atoms. The van der Waals surface area contributed by atoms with Gasteiger partial charge in [-0.1, -0.05) is 0 Å². The summed E-state index contributed by atoms with van der Waals surface area (Å²) in [7, 11) is 5.30. The number of pyridine rings is 2.